The molecule has 0 aromatic heterocycles. The van der Waals surface area contributed by atoms with Crippen LogP contribution in [-0.4, -0.2) is 11.6 Å². The number of carbonyl (C=O) groups excluding carboxylic acids is 2. The van der Waals surface area contributed by atoms with Crippen LogP contribution in [-0.2, 0) is 43.7 Å². The first-order valence-electron chi connectivity index (χ1n) is 8.94. The second kappa shape index (κ2) is 17.0. The molecule has 20 radical (unpaired) electrons. The Bertz CT molecular complexity index is 389. The SMILES string of the molecule is C[C]1[CH][CH][CH][C]1C(=O)CC(=O)[C]1[CH][CH][CH][C]1C.[CH]1[CH][CH][CH][CH]1.[CH]1[CH][CH][CH][CH]1.[Fe+2].[Fe+2]. The predicted molar refractivity (Wildman–Crippen MR) is 108 cm³/mol. The molecule has 148 valence electrons. The third-order valence-corrected chi connectivity index (χ3v) is 4.10. The van der Waals surface area contributed by atoms with E-state index in [1.165, 1.54) is 0 Å². The zero-order valence-corrected chi connectivity index (χ0v) is 18.7. The second-order valence-corrected chi connectivity index (χ2v) is 6.19. The van der Waals surface area contributed by atoms with Crippen LogP contribution in [0.5, 0.6) is 0 Å². The number of carbonyl (C=O) groups is 2. The van der Waals surface area contributed by atoms with Gasteiger partial charge in [-0.05, 0) is 115 Å². The summed E-state index contributed by atoms with van der Waals surface area (Å²) in [6, 6.07) is 0. The summed E-state index contributed by atoms with van der Waals surface area (Å²) in [5.41, 5.74) is 0. The molecular weight excluding hydrogens is 444 g/mol. The standard InChI is InChI=1S/C15H14O2.2C5H5.2Fe/c1-10-5-3-7-12(10)14(16)9-15(17)13-8-4-6-11(13)2;2*1-2-4-5-3-1;;/h3-8H,9H2,1-2H3;2*1-5H;;/q;;;2*+2. The molecule has 4 fully saturated rings. The molecule has 4 aliphatic rings. The Kier molecular flexibility index (Phi) is 17.2. The first kappa shape index (κ1) is 29.4. The third-order valence-electron chi connectivity index (χ3n) is 4.10. The molecule has 0 amide bonds. The summed E-state index contributed by atoms with van der Waals surface area (Å²) < 4.78 is 0. The van der Waals surface area contributed by atoms with Crippen molar-refractivity contribution in [3.63, 3.8) is 0 Å². The van der Waals surface area contributed by atoms with E-state index >= 15 is 0 Å². The molecule has 4 rings (SSSR count). The van der Waals surface area contributed by atoms with E-state index in [1.807, 2.05) is 104 Å². The number of rotatable bonds is 4. The Morgan fingerprint density at radius 2 is 0.793 bits per heavy atom. The van der Waals surface area contributed by atoms with E-state index in [2.05, 4.69) is 0 Å². The molecule has 0 aliphatic heterocycles. The van der Waals surface area contributed by atoms with Crippen LogP contribution < -0.4 is 0 Å². The molecule has 4 saturated carbocycles. The summed E-state index contributed by atoms with van der Waals surface area (Å²) in [5.74, 6) is 2.98. The van der Waals surface area contributed by atoms with Gasteiger partial charge in [0.05, 0.1) is 18.3 Å². The van der Waals surface area contributed by atoms with Crippen molar-refractivity contribution in [1.29, 1.82) is 0 Å². The van der Waals surface area contributed by atoms with Gasteiger partial charge in [0.2, 0.25) is 0 Å². The van der Waals surface area contributed by atoms with Crippen LogP contribution in [0.1, 0.15) is 20.3 Å². The van der Waals surface area contributed by atoms with Gasteiger partial charge >= 0.3 is 34.1 Å². The fourth-order valence-corrected chi connectivity index (χ4v) is 2.62. The number of ketones is 2. The van der Waals surface area contributed by atoms with Gasteiger partial charge in [0, 0.05) is 0 Å². The Labute approximate surface area is 201 Å². The number of hydrogen-bond donors (Lipinski definition) is 0. The maximum atomic E-state index is 11.9. The van der Waals surface area contributed by atoms with Gasteiger partial charge in [0.25, 0.3) is 0 Å². The largest absolute Gasteiger partial charge is 2.00 e. The molecule has 0 heterocycles. The van der Waals surface area contributed by atoms with E-state index in [9.17, 15) is 9.59 Å². The van der Waals surface area contributed by atoms with Gasteiger partial charge in [0.1, 0.15) is 11.6 Å². The second-order valence-electron chi connectivity index (χ2n) is 6.19. The average molecular weight is 468 g/mol. The molecule has 0 N–H and O–H groups in total. The van der Waals surface area contributed by atoms with Crippen molar-refractivity contribution >= 4 is 11.6 Å². The topological polar surface area (TPSA) is 34.1 Å². The van der Waals surface area contributed by atoms with Crippen LogP contribution in [0.3, 0.4) is 0 Å². The molecule has 4 aliphatic carbocycles. The van der Waals surface area contributed by atoms with Gasteiger partial charge in [-0.15, -0.1) is 0 Å². The Morgan fingerprint density at radius 1 is 0.517 bits per heavy atom. The van der Waals surface area contributed by atoms with Crippen molar-refractivity contribution in [3.8, 4) is 0 Å². The summed E-state index contributed by atoms with van der Waals surface area (Å²) in [6.45, 7) is 3.76. The van der Waals surface area contributed by atoms with Crippen LogP contribution in [0.15, 0.2) is 0 Å². The quantitative estimate of drug-likeness (QED) is 0.460. The molecule has 0 bridgehead atoms. The predicted octanol–water partition coefficient (Wildman–Crippen LogP) is 4.14. The molecule has 0 unspecified atom stereocenters. The molecule has 29 heavy (non-hydrogen) atoms. The van der Waals surface area contributed by atoms with E-state index in [1.54, 1.807) is 12.8 Å². The van der Waals surface area contributed by atoms with E-state index < -0.39 is 0 Å². The van der Waals surface area contributed by atoms with Gasteiger partial charge in [-0.2, -0.15) is 0 Å². The number of hydrogen-bond acceptors (Lipinski definition) is 2. The maximum absolute atomic E-state index is 11.9. The van der Waals surface area contributed by atoms with Gasteiger partial charge < -0.3 is 0 Å². The maximum Gasteiger partial charge on any atom is 2.00 e. The minimum Gasteiger partial charge on any atom is -0.299 e. The fourth-order valence-electron chi connectivity index (χ4n) is 2.62. The molecule has 2 nitrogen and oxygen atoms in total. The first-order valence-corrected chi connectivity index (χ1v) is 8.94. The zero-order chi connectivity index (χ0) is 19.5. The first-order chi connectivity index (χ1) is 13.1. The van der Waals surface area contributed by atoms with Gasteiger partial charge in [-0.1, -0.05) is 13.8 Å². The molecule has 0 spiro atoms. The van der Waals surface area contributed by atoms with Crippen molar-refractivity contribution in [1.82, 2.24) is 0 Å². The van der Waals surface area contributed by atoms with E-state index in [-0.39, 0.29) is 52.1 Å². The molecule has 4 heteroatoms. The van der Waals surface area contributed by atoms with Crippen molar-refractivity contribution in [3.05, 3.63) is 126 Å². The van der Waals surface area contributed by atoms with Crippen molar-refractivity contribution in [2.45, 2.75) is 20.3 Å². The van der Waals surface area contributed by atoms with Crippen LogP contribution >= 0.6 is 0 Å². The van der Waals surface area contributed by atoms with E-state index in [0.717, 1.165) is 11.8 Å². The molecule has 0 aromatic rings. The summed E-state index contributed by atoms with van der Waals surface area (Å²) in [5, 5.41) is 0. The normalized spacial score (nSPS) is 22.7. The summed E-state index contributed by atoms with van der Waals surface area (Å²) in [7, 11) is 0. The monoisotopic (exact) mass is 468 g/mol. The summed E-state index contributed by atoms with van der Waals surface area (Å²) >= 11 is 0. The van der Waals surface area contributed by atoms with Gasteiger partial charge in [-0.25, -0.2) is 0 Å². The zero-order valence-electron chi connectivity index (χ0n) is 16.5. The van der Waals surface area contributed by atoms with Crippen molar-refractivity contribution in [2.75, 3.05) is 0 Å². The average Bonchev–Trinajstić information content (AvgIpc) is 3.43. The van der Waals surface area contributed by atoms with Crippen molar-refractivity contribution < 1.29 is 43.7 Å². The Morgan fingerprint density at radius 3 is 1.00 bits per heavy atom. The van der Waals surface area contributed by atoms with Crippen LogP contribution in [0.4, 0.5) is 0 Å². The van der Waals surface area contributed by atoms with Crippen molar-refractivity contribution in [2.24, 2.45) is 0 Å². The Balaban J connectivity index is 0.000000537. The fraction of sp³-hybridized carbons (Fsp3) is 0.120. The van der Waals surface area contributed by atoms with Crippen LogP contribution in [0, 0.1) is 126 Å². The van der Waals surface area contributed by atoms with E-state index in [0.29, 0.717) is 11.8 Å². The Hall–Kier alpha value is 0.379. The van der Waals surface area contributed by atoms with E-state index in [4.69, 9.17) is 0 Å². The van der Waals surface area contributed by atoms with Crippen LogP contribution in [0.2, 0.25) is 0 Å². The number of Topliss-reactive ketones (excluding diaryl/α,β-unsaturated/α-hetero) is 2. The third kappa shape index (κ3) is 11.0. The molecule has 0 atom stereocenters. The van der Waals surface area contributed by atoms with Gasteiger partial charge in [-0.3, -0.25) is 9.59 Å². The summed E-state index contributed by atoms with van der Waals surface area (Å²) in [4.78, 5) is 23.8. The molecule has 0 aromatic carbocycles. The molecule has 0 saturated heterocycles. The minimum absolute atomic E-state index is 0. The summed E-state index contributed by atoms with van der Waals surface area (Å²) in [6.07, 6.45) is 30.9. The minimum atomic E-state index is -0.0990. The smallest absolute Gasteiger partial charge is 0.299 e. The van der Waals surface area contributed by atoms with Crippen LogP contribution in [0.25, 0.3) is 0 Å². The molecular formula is C25H24Fe2O2+4. The van der Waals surface area contributed by atoms with Gasteiger partial charge in [0.15, 0.2) is 0 Å².